The Balaban J connectivity index is 1.77. The lowest BCUT2D eigenvalue weighted by Gasteiger charge is -2.22. The highest BCUT2D eigenvalue weighted by molar-refractivity contribution is 6.33. The molecule has 152 valence electrons. The number of carbonyl (C=O) groups excluding carboxylic acids is 2. The first-order chi connectivity index (χ1) is 13.8. The topological polar surface area (TPSA) is 88.9 Å². The summed E-state index contributed by atoms with van der Waals surface area (Å²) in [6.45, 7) is 7.79. The van der Waals surface area contributed by atoms with Crippen molar-refractivity contribution in [1.82, 2.24) is 20.1 Å². The van der Waals surface area contributed by atoms with E-state index in [4.69, 9.17) is 11.6 Å². The smallest absolute Gasteiger partial charge is 0.253 e. The van der Waals surface area contributed by atoms with E-state index in [1.54, 1.807) is 36.7 Å². The van der Waals surface area contributed by atoms with Crippen molar-refractivity contribution in [2.24, 2.45) is 5.92 Å². The molecule has 0 saturated carbocycles. The summed E-state index contributed by atoms with van der Waals surface area (Å²) in [7, 11) is 0. The number of amides is 2. The maximum Gasteiger partial charge on any atom is 0.253 e. The lowest BCUT2D eigenvalue weighted by atomic mass is 10.0. The van der Waals surface area contributed by atoms with Gasteiger partial charge in [0, 0.05) is 11.4 Å². The van der Waals surface area contributed by atoms with E-state index in [-0.39, 0.29) is 17.9 Å². The molecule has 0 saturated heterocycles. The number of hydrogen-bond acceptors (Lipinski definition) is 4. The van der Waals surface area contributed by atoms with Crippen LogP contribution in [-0.4, -0.2) is 32.6 Å². The van der Waals surface area contributed by atoms with Crippen molar-refractivity contribution in [1.29, 1.82) is 0 Å². The van der Waals surface area contributed by atoms with Gasteiger partial charge in [-0.1, -0.05) is 37.6 Å². The third-order valence-electron chi connectivity index (χ3n) is 4.54. The Bertz CT molecular complexity index is 1040. The fraction of sp³-hybridized carbons (Fsp3) is 0.333. The fourth-order valence-corrected chi connectivity index (χ4v) is 3.23. The van der Waals surface area contributed by atoms with Gasteiger partial charge >= 0.3 is 0 Å². The summed E-state index contributed by atoms with van der Waals surface area (Å²) in [6, 6.07) is 8.01. The van der Waals surface area contributed by atoms with Gasteiger partial charge in [0.15, 0.2) is 5.65 Å². The summed E-state index contributed by atoms with van der Waals surface area (Å²) < 4.78 is 1.82. The van der Waals surface area contributed by atoms with Crippen LogP contribution in [0.15, 0.2) is 42.7 Å². The number of halogens is 1. The molecule has 7 nitrogen and oxygen atoms in total. The summed E-state index contributed by atoms with van der Waals surface area (Å²) in [6.07, 6.45) is 3.31. The van der Waals surface area contributed by atoms with Crippen LogP contribution in [0.2, 0.25) is 5.02 Å². The van der Waals surface area contributed by atoms with Gasteiger partial charge in [-0.2, -0.15) is 5.10 Å². The van der Waals surface area contributed by atoms with E-state index in [2.05, 4.69) is 20.7 Å². The maximum absolute atomic E-state index is 12.8. The SMILES string of the molecule is CC(C)[C@H](NC(=O)c1ccccc1Cl)C(=O)Nc1cnc2c(cnn2C(C)C)c1. The molecule has 2 heterocycles. The van der Waals surface area contributed by atoms with E-state index < -0.39 is 11.9 Å². The molecular weight excluding hydrogens is 390 g/mol. The average Bonchev–Trinajstić information content (AvgIpc) is 3.09. The third-order valence-corrected chi connectivity index (χ3v) is 4.87. The molecule has 0 spiro atoms. The molecule has 0 bridgehead atoms. The van der Waals surface area contributed by atoms with Crippen molar-refractivity contribution in [3.63, 3.8) is 0 Å². The number of pyridine rings is 1. The highest BCUT2D eigenvalue weighted by atomic mass is 35.5. The Morgan fingerprint density at radius 2 is 1.83 bits per heavy atom. The first kappa shape index (κ1) is 20.8. The van der Waals surface area contributed by atoms with Crippen molar-refractivity contribution >= 4 is 40.1 Å². The van der Waals surface area contributed by atoms with Gasteiger partial charge < -0.3 is 10.6 Å². The zero-order valence-corrected chi connectivity index (χ0v) is 17.6. The lowest BCUT2D eigenvalue weighted by Crippen LogP contribution is -2.47. The summed E-state index contributed by atoms with van der Waals surface area (Å²) in [5, 5.41) is 11.1. The summed E-state index contributed by atoms with van der Waals surface area (Å²) in [4.78, 5) is 29.8. The second kappa shape index (κ2) is 8.61. The van der Waals surface area contributed by atoms with Crippen molar-refractivity contribution in [2.75, 3.05) is 5.32 Å². The molecule has 3 rings (SSSR count). The lowest BCUT2D eigenvalue weighted by molar-refractivity contribution is -0.118. The van der Waals surface area contributed by atoms with Crippen molar-refractivity contribution in [3.8, 4) is 0 Å². The van der Waals surface area contributed by atoms with Crippen molar-refractivity contribution in [2.45, 2.75) is 39.8 Å². The highest BCUT2D eigenvalue weighted by Crippen LogP contribution is 2.20. The van der Waals surface area contributed by atoms with Crippen molar-refractivity contribution < 1.29 is 9.59 Å². The average molecular weight is 414 g/mol. The molecule has 3 aromatic rings. The first-order valence-corrected chi connectivity index (χ1v) is 9.85. The molecule has 0 fully saturated rings. The molecule has 1 aromatic carbocycles. The van der Waals surface area contributed by atoms with E-state index in [1.165, 1.54) is 0 Å². The van der Waals surface area contributed by atoms with E-state index >= 15 is 0 Å². The quantitative estimate of drug-likeness (QED) is 0.637. The molecular formula is C21H24ClN5O2. The largest absolute Gasteiger partial charge is 0.340 e. The minimum atomic E-state index is -0.729. The Hall–Kier alpha value is -2.93. The number of nitrogens with zero attached hydrogens (tertiary/aromatic N) is 3. The van der Waals surface area contributed by atoms with Crippen molar-refractivity contribution in [3.05, 3.63) is 53.3 Å². The van der Waals surface area contributed by atoms with Gasteiger partial charge in [0.2, 0.25) is 5.91 Å². The Morgan fingerprint density at radius 3 is 2.48 bits per heavy atom. The number of nitrogens with one attached hydrogen (secondary N) is 2. The Labute approximate surface area is 174 Å². The second-order valence-electron chi connectivity index (χ2n) is 7.48. The van der Waals surface area contributed by atoms with Gasteiger partial charge in [-0.3, -0.25) is 9.59 Å². The number of carbonyl (C=O) groups is 2. The molecule has 1 atom stereocenters. The molecule has 0 aliphatic heterocycles. The van der Waals surface area contributed by atoms with Crippen LogP contribution in [0, 0.1) is 5.92 Å². The van der Waals surface area contributed by atoms with Crippen LogP contribution in [0.25, 0.3) is 11.0 Å². The number of aromatic nitrogens is 3. The Kier molecular flexibility index (Phi) is 6.17. The maximum atomic E-state index is 12.8. The van der Waals surface area contributed by atoms with Gasteiger partial charge in [0.25, 0.3) is 5.91 Å². The van der Waals surface area contributed by atoms with Crippen LogP contribution in [0.1, 0.15) is 44.1 Å². The zero-order chi connectivity index (χ0) is 21.1. The number of benzene rings is 1. The summed E-state index contributed by atoms with van der Waals surface area (Å²) >= 11 is 6.09. The standard InChI is InChI=1S/C21H24ClN5O2/c1-12(2)18(26-20(28)16-7-5-6-8-17(16)22)21(29)25-15-9-14-10-24-27(13(3)4)19(14)23-11-15/h5-13,18H,1-4H3,(H,25,29)(H,26,28)/t18-/m0/s1. The second-order valence-corrected chi connectivity index (χ2v) is 7.89. The molecule has 2 amide bonds. The number of hydrogen-bond donors (Lipinski definition) is 2. The van der Waals surface area contributed by atoms with Crippen LogP contribution in [0.3, 0.4) is 0 Å². The molecule has 0 aliphatic carbocycles. The number of fused-ring (bicyclic) bond motifs is 1. The van der Waals surface area contributed by atoms with E-state index in [0.717, 1.165) is 11.0 Å². The van der Waals surface area contributed by atoms with Crippen LogP contribution in [0.5, 0.6) is 0 Å². The summed E-state index contributed by atoms with van der Waals surface area (Å²) in [5.41, 5.74) is 1.63. The molecule has 29 heavy (non-hydrogen) atoms. The molecule has 0 radical (unpaired) electrons. The van der Waals surface area contributed by atoms with E-state index in [1.807, 2.05) is 38.4 Å². The van der Waals surface area contributed by atoms with Crippen LogP contribution in [-0.2, 0) is 4.79 Å². The van der Waals surface area contributed by atoms with Crippen LogP contribution >= 0.6 is 11.6 Å². The zero-order valence-electron chi connectivity index (χ0n) is 16.8. The summed E-state index contributed by atoms with van der Waals surface area (Å²) in [5.74, 6) is -0.837. The predicted octanol–water partition coefficient (Wildman–Crippen LogP) is 4.06. The third kappa shape index (κ3) is 4.56. The van der Waals surface area contributed by atoms with E-state index in [9.17, 15) is 9.59 Å². The first-order valence-electron chi connectivity index (χ1n) is 9.47. The van der Waals surface area contributed by atoms with Gasteiger partial charge in [-0.05, 0) is 38.0 Å². The molecule has 8 heteroatoms. The fourth-order valence-electron chi connectivity index (χ4n) is 3.01. The van der Waals surface area contributed by atoms with Gasteiger partial charge in [-0.15, -0.1) is 0 Å². The molecule has 0 unspecified atom stereocenters. The van der Waals surface area contributed by atoms with Gasteiger partial charge in [-0.25, -0.2) is 9.67 Å². The molecule has 0 aliphatic rings. The highest BCUT2D eigenvalue weighted by Gasteiger charge is 2.25. The molecule has 2 aromatic heterocycles. The number of anilines is 1. The minimum absolute atomic E-state index is 0.123. The number of rotatable bonds is 6. The van der Waals surface area contributed by atoms with Gasteiger partial charge in [0.05, 0.1) is 28.7 Å². The monoisotopic (exact) mass is 413 g/mol. The minimum Gasteiger partial charge on any atom is -0.340 e. The van der Waals surface area contributed by atoms with Crippen LogP contribution in [0.4, 0.5) is 5.69 Å². The van der Waals surface area contributed by atoms with Crippen LogP contribution < -0.4 is 10.6 Å². The van der Waals surface area contributed by atoms with Gasteiger partial charge in [0.1, 0.15) is 6.04 Å². The Morgan fingerprint density at radius 1 is 1.10 bits per heavy atom. The predicted molar refractivity (Wildman–Crippen MR) is 114 cm³/mol. The van der Waals surface area contributed by atoms with E-state index in [0.29, 0.717) is 16.3 Å². The normalized spacial score (nSPS) is 12.4. The molecule has 2 N–H and O–H groups in total.